The van der Waals surface area contributed by atoms with E-state index in [2.05, 4.69) is 5.32 Å². The van der Waals surface area contributed by atoms with Crippen LogP contribution >= 0.6 is 0 Å². The second kappa shape index (κ2) is 6.00. The molecule has 0 aliphatic carbocycles. The van der Waals surface area contributed by atoms with Gasteiger partial charge in [-0.2, -0.15) is 13.2 Å². The van der Waals surface area contributed by atoms with Crippen LogP contribution in [0.25, 0.3) is 0 Å². The number of alkyl halides is 3. The molecule has 3 N–H and O–H groups in total. The first-order chi connectivity index (χ1) is 7.93. The summed E-state index contributed by atoms with van der Waals surface area (Å²) in [4.78, 5) is 0. The highest BCUT2D eigenvalue weighted by Gasteiger charge is 2.29. The van der Waals surface area contributed by atoms with Crippen molar-refractivity contribution in [2.24, 2.45) is 0 Å². The molecule has 1 atom stereocenters. The lowest BCUT2D eigenvalue weighted by Crippen LogP contribution is -2.28. The van der Waals surface area contributed by atoms with Crippen molar-refractivity contribution in [3.05, 3.63) is 35.4 Å². The van der Waals surface area contributed by atoms with Crippen LogP contribution in [0, 0.1) is 0 Å². The molecule has 17 heavy (non-hydrogen) atoms. The molecular formula is C11H14F3NO2. The molecule has 3 nitrogen and oxygen atoms in total. The van der Waals surface area contributed by atoms with Gasteiger partial charge in [0.2, 0.25) is 0 Å². The predicted molar refractivity (Wildman–Crippen MR) is 56.2 cm³/mol. The zero-order valence-corrected chi connectivity index (χ0v) is 9.04. The van der Waals surface area contributed by atoms with Crippen LogP contribution in [0.1, 0.15) is 11.1 Å². The highest BCUT2D eigenvalue weighted by atomic mass is 19.4. The maximum atomic E-state index is 12.2. The molecular weight excluding hydrogens is 235 g/mol. The number of hydrogen-bond acceptors (Lipinski definition) is 3. The third kappa shape index (κ3) is 4.72. The molecule has 0 fully saturated rings. The molecule has 0 amide bonds. The number of nitrogens with one attached hydrogen (secondary N) is 1. The second-order valence-electron chi connectivity index (χ2n) is 3.66. The van der Waals surface area contributed by atoms with E-state index in [0.717, 1.165) is 12.1 Å². The minimum Gasteiger partial charge on any atom is -0.394 e. The highest BCUT2D eigenvalue weighted by molar-refractivity contribution is 5.24. The molecule has 0 heterocycles. The SMILES string of the molecule is OCC(O)CNCc1ccc(C(F)(F)F)cc1. The first-order valence-corrected chi connectivity index (χ1v) is 5.09. The molecule has 1 aromatic carbocycles. The van der Waals surface area contributed by atoms with Gasteiger partial charge in [0.25, 0.3) is 0 Å². The van der Waals surface area contributed by atoms with Crippen LogP contribution < -0.4 is 5.32 Å². The normalized spacial score (nSPS) is 13.7. The Bertz CT molecular complexity index is 338. The molecule has 6 heteroatoms. The van der Waals surface area contributed by atoms with E-state index in [1.54, 1.807) is 0 Å². The number of rotatable bonds is 5. The van der Waals surface area contributed by atoms with E-state index in [4.69, 9.17) is 10.2 Å². The first-order valence-electron chi connectivity index (χ1n) is 5.09. The Hall–Kier alpha value is -1.11. The van der Waals surface area contributed by atoms with Crippen LogP contribution in [0.15, 0.2) is 24.3 Å². The molecule has 1 unspecified atom stereocenters. The lowest BCUT2D eigenvalue weighted by molar-refractivity contribution is -0.137. The Morgan fingerprint density at radius 1 is 1.18 bits per heavy atom. The third-order valence-corrected chi connectivity index (χ3v) is 2.20. The molecule has 0 saturated heterocycles. The Labute approximate surface area is 96.9 Å². The van der Waals surface area contributed by atoms with Gasteiger partial charge in [0, 0.05) is 13.1 Å². The smallest absolute Gasteiger partial charge is 0.394 e. The molecule has 0 bridgehead atoms. The molecule has 0 aromatic heterocycles. The summed E-state index contributed by atoms with van der Waals surface area (Å²) in [6, 6.07) is 4.78. The summed E-state index contributed by atoms with van der Waals surface area (Å²) in [7, 11) is 0. The summed E-state index contributed by atoms with van der Waals surface area (Å²) in [5.41, 5.74) is -0.000201. The number of aliphatic hydroxyl groups excluding tert-OH is 2. The van der Waals surface area contributed by atoms with Gasteiger partial charge in [0.15, 0.2) is 0 Å². The van der Waals surface area contributed by atoms with Gasteiger partial charge in [-0.3, -0.25) is 0 Å². The molecule has 0 spiro atoms. The number of hydrogen-bond donors (Lipinski definition) is 3. The van der Waals surface area contributed by atoms with Gasteiger partial charge in [-0.15, -0.1) is 0 Å². The minimum absolute atomic E-state index is 0.192. The van der Waals surface area contributed by atoms with Crippen LogP contribution in [0.5, 0.6) is 0 Å². The van der Waals surface area contributed by atoms with Gasteiger partial charge in [-0.1, -0.05) is 12.1 Å². The monoisotopic (exact) mass is 249 g/mol. The van der Waals surface area contributed by atoms with E-state index in [1.807, 2.05) is 0 Å². The summed E-state index contributed by atoms with van der Waals surface area (Å²) in [6.07, 6.45) is -5.18. The van der Waals surface area contributed by atoms with Crippen molar-refractivity contribution in [2.75, 3.05) is 13.2 Å². The molecule has 0 saturated carbocycles. The van der Waals surface area contributed by atoms with E-state index < -0.39 is 17.8 Å². The first kappa shape index (κ1) is 14.0. The van der Waals surface area contributed by atoms with Crippen molar-refractivity contribution in [3.63, 3.8) is 0 Å². The fourth-order valence-electron chi connectivity index (χ4n) is 1.26. The van der Waals surface area contributed by atoms with Crippen molar-refractivity contribution < 1.29 is 23.4 Å². The van der Waals surface area contributed by atoms with Crippen molar-refractivity contribution in [1.82, 2.24) is 5.32 Å². The van der Waals surface area contributed by atoms with E-state index in [1.165, 1.54) is 12.1 Å². The van der Waals surface area contributed by atoms with Crippen molar-refractivity contribution in [1.29, 1.82) is 0 Å². The maximum absolute atomic E-state index is 12.2. The molecule has 0 aliphatic heterocycles. The van der Waals surface area contributed by atoms with Gasteiger partial charge < -0.3 is 15.5 Å². The lowest BCUT2D eigenvalue weighted by atomic mass is 10.1. The van der Waals surface area contributed by atoms with Gasteiger partial charge in [0.05, 0.1) is 18.3 Å². The van der Waals surface area contributed by atoms with E-state index >= 15 is 0 Å². The van der Waals surface area contributed by atoms with Gasteiger partial charge in [-0.25, -0.2) is 0 Å². The average Bonchev–Trinajstić information content (AvgIpc) is 2.28. The predicted octanol–water partition coefficient (Wildman–Crippen LogP) is 1.15. The third-order valence-electron chi connectivity index (χ3n) is 2.20. The Kier molecular flexibility index (Phi) is 4.92. The largest absolute Gasteiger partial charge is 0.416 e. The van der Waals surface area contributed by atoms with E-state index in [0.29, 0.717) is 12.1 Å². The molecule has 1 aromatic rings. The average molecular weight is 249 g/mol. The van der Waals surface area contributed by atoms with E-state index in [-0.39, 0.29) is 13.2 Å². The van der Waals surface area contributed by atoms with E-state index in [9.17, 15) is 13.2 Å². The minimum atomic E-state index is -4.32. The van der Waals surface area contributed by atoms with Crippen LogP contribution in [-0.2, 0) is 12.7 Å². The van der Waals surface area contributed by atoms with Crippen molar-refractivity contribution in [2.45, 2.75) is 18.8 Å². The Morgan fingerprint density at radius 3 is 2.24 bits per heavy atom. The Morgan fingerprint density at radius 2 is 1.76 bits per heavy atom. The highest BCUT2D eigenvalue weighted by Crippen LogP contribution is 2.28. The van der Waals surface area contributed by atoms with Crippen LogP contribution in [-0.4, -0.2) is 29.5 Å². The summed E-state index contributed by atoms with van der Waals surface area (Å²) in [5.74, 6) is 0. The lowest BCUT2D eigenvalue weighted by Gasteiger charge is -2.10. The number of aliphatic hydroxyl groups is 2. The van der Waals surface area contributed by atoms with Gasteiger partial charge >= 0.3 is 6.18 Å². The number of benzene rings is 1. The molecule has 0 radical (unpaired) electrons. The van der Waals surface area contributed by atoms with Gasteiger partial charge in [-0.05, 0) is 17.7 Å². The molecule has 1 rings (SSSR count). The second-order valence-corrected chi connectivity index (χ2v) is 3.66. The molecule has 0 aliphatic rings. The zero-order chi connectivity index (χ0) is 12.9. The standard InChI is InChI=1S/C11H14F3NO2/c12-11(13,14)9-3-1-8(2-4-9)5-15-6-10(17)7-16/h1-4,10,15-17H,5-7H2. The summed E-state index contributed by atoms with van der Waals surface area (Å²) >= 11 is 0. The fourth-order valence-corrected chi connectivity index (χ4v) is 1.26. The number of halogens is 3. The Balaban J connectivity index is 2.46. The summed E-state index contributed by atoms with van der Waals surface area (Å²) < 4.78 is 36.7. The quantitative estimate of drug-likeness (QED) is 0.733. The topological polar surface area (TPSA) is 52.5 Å². The van der Waals surface area contributed by atoms with Crippen LogP contribution in [0.3, 0.4) is 0 Å². The van der Waals surface area contributed by atoms with Crippen molar-refractivity contribution >= 4 is 0 Å². The van der Waals surface area contributed by atoms with Crippen molar-refractivity contribution in [3.8, 4) is 0 Å². The van der Waals surface area contributed by atoms with Crippen LogP contribution in [0.2, 0.25) is 0 Å². The molecule has 96 valence electrons. The summed E-state index contributed by atoms with van der Waals surface area (Å²) in [6.45, 7) is 0.187. The zero-order valence-electron chi connectivity index (χ0n) is 9.04. The van der Waals surface area contributed by atoms with Gasteiger partial charge in [0.1, 0.15) is 0 Å². The maximum Gasteiger partial charge on any atom is 0.416 e. The fraction of sp³-hybridized carbons (Fsp3) is 0.455. The summed E-state index contributed by atoms with van der Waals surface area (Å²) in [5, 5.41) is 20.4. The van der Waals surface area contributed by atoms with Crippen LogP contribution in [0.4, 0.5) is 13.2 Å².